The van der Waals surface area contributed by atoms with E-state index in [2.05, 4.69) is 23.6 Å². The number of para-hydroxylation sites is 2. The summed E-state index contributed by atoms with van der Waals surface area (Å²) < 4.78 is 27.1. The minimum atomic E-state index is -3.44. The molecular weight excluding hydrogens is 610 g/mol. The molecular formula is C34H48ClN5O4S. The summed E-state index contributed by atoms with van der Waals surface area (Å²) in [4.78, 5) is 36.0. The van der Waals surface area contributed by atoms with Gasteiger partial charge in [0, 0.05) is 76.9 Å². The Bertz CT molecular complexity index is 1420. The van der Waals surface area contributed by atoms with Crippen molar-refractivity contribution in [2.75, 3.05) is 80.9 Å². The van der Waals surface area contributed by atoms with E-state index >= 15 is 0 Å². The number of carbonyl (C=O) groups is 2. The van der Waals surface area contributed by atoms with Gasteiger partial charge in [-0.1, -0.05) is 49.7 Å². The number of hydrogen-bond acceptors (Lipinski definition) is 6. The highest BCUT2D eigenvalue weighted by atomic mass is 35.5. The Hall–Kier alpha value is -2.82. The Morgan fingerprint density at radius 1 is 0.889 bits per heavy atom. The molecule has 2 aromatic carbocycles. The molecule has 1 saturated carbocycles. The molecule has 0 bridgehead atoms. The Morgan fingerprint density at radius 3 is 2.11 bits per heavy atom. The van der Waals surface area contributed by atoms with E-state index in [-0.39, 0.29) is 18.2 Å². The second-order valence-corrected chi connectivity index (χ2v) is 15.7. The number of hydrogen-bond donors (Lipinski definition) is 0. The van der Waals surface area contributed by atoms with Crippen LogP contribution in [0.25, 0.3) is 0 Å². The Morgan fingerprint density at radius 2 is 1.51 bits per heavy atom. The summed E-state index contributed by atoms with van der Waals surface area (Å²) in [5.41, 5.74) is 2.56. The molecule has 2 amide bonds. The SMILES string of the molecule is CC(C)CN1CCN(C(=O)C[C@H](Cc2ccc(Cl)cc2)C(=O)N2CCN(c3ccccc3N(CC3CC3)S(C)(=O)=O)CC2)CC1. The van der Waals surface area contributed by atoms with Gasteiger partial charge in [0.15, 0.2) is 0 Å². The maximum absolute atomic E-state index is 14.1. The first-order valence-corrected chi connectivity index (χ1v) is 18.6. The predicted octanol–water partition coefficient (Wildman–Crippen LogP) is 4.21. The van der Waals surface area contributed by atoms with Crippen molar-refractivity contribution in [3.63, 3.8) is 0 Å². The first kappa shape index (κ1) is 33.5. The fourth-order valence-electron chi connectivity index (χ4n) is 6.50. The second-order valence-electron chi connectivity index (χ2n) is 13.3. The van der Waals surface area contributed by atoms with Crippen molar-refractivity contribution >= 4 is 44.8 Å². The molecule has 0 unspecified atom stereocenters. The maximum atomic E-state index is 14.1. The summed E-state index contributed by atoms with van der Waals surface area (Å²) in [7, 11) is -3.44. The van der Waals surface area contributed by atoms with Crippen LogP contribution in [0.5, 0.6) is 0 Å². The molecule has 0 N–H and O–H groups in total. The number of carbonyl (C=O) groups excluding carboxylic acids is 2. The lowest BCUT2D eigenvalue weighted by Crippen LogP contribution is -2.52. The van der Waals surface area contributed by atoms with Crippen LogP contribution in [0.15, 0.2) is 48.5 Å². The number of halogens is 1. The third-order valence-electron chi connectivity index (χ3n) is 9.12. The Balaban J connectivity index is 1.26. The molecule has 2 saturated heterocycles. The molecule has 1 atom stereocenters. The second kappa shape index (κ2) is 14.7. The van der Waals surface area contributed by atoms with Crippen LogP contribution in [0.1, 0.15) is 38.7 Å². The van der Waals surface area contributed by atoms with Crippen LogP contribution >= 0.6 is 11.6 Å². The smallest absolute Gasteiger partial charge is 0.232 e. The standard InChI is InChI=1S/C34H48ClN5O4S/c1-26(2)24-36-14-16-38(17-15-36)33(41)23-29(22-27-10-12-30(35)13-11-27)34(42)39-20-18-37(19-21-39)31-6-4-5-7-32(31)40(45(3,43)44)25-28-8-9-28/h4-7,10-13,26,28-29H,8-9,14-25H2,1-3H3/t29-/m0/s1. The van der Waals surface area contributed by atoms with Gasteiger partial charge in [-0.05, 0) is 60.9 Å². The van der Waals surface area contributed by atoms with E-state index in [0.29, 0.717) is 74.8 Å². The number of nitrogens with zero attached hydrogens (tertiary/aromatic N) is 5. The van der Waals surface area contributed by atoms with E-state index in [1.54, 1.807) is 4.31 Å². The fraction of sp³-hybridized carbons (Fsp3) is 0.588. The number of amides is 2. The van der Waals surface area contributed by atoms with Gasteiger partial charge in [0.05, 0.1) is 23.5 Å². The molecule has 2 aliphatic heterocycles. The number of benzene rings is 2. The summed E-state index contributed by atoms with van der Waals surface area (Å²) in [6, 6.07) is 15.2. The van der Waals surface area contributed by atoms with Gasteiger partial charge in [0.2, 0.25) is 21.8 Å². The quantitative estimate of drug-likeness (QED) is 0.340. The normalized spacial score (nSPS) is 18.7. The monoisotopic (exact) mass is 657 g/mol. The lowest BCUT2D eigenvalue weighted by atomic mass is 9.93. The van der Waals surface area contributed by atoms with Crippen LogP contribution in [-0.4, -0.2) is 107 Å². The largest absolute Gasteiger partial charge is 0.366 e. The third kappa shape index (κ3) is 9.14. The molecule has 0 spiro atoms. The highest BCUT2D eigenvalue weighted by Gasteiger charge is 2.34. The number of piperazine rings is 2. The van der Waals surface area contributed by atoms with Crippen molar-refractivity contribution in [3.05, 3.63) is 59.1 Å². The van der Waals surface area contributed by atoms with Crippen LogP contribution in [0.2, 0.25) is 5.02 Å². The minimum absolute atomic E-state index is 0.00354. The number of anilines is 2. The zero-order chi connectivity index (χ0) is 32.1. The molecule has 2 aromatic rings. The van der Waals surface area contributed by atoms with Gasteiger partial charge >= 0.3 is 0 Å². The maximum Gasteiger partial charge on any atom is 0.232 e. The van der Waals surface area contributed by atoms with E-state index in [1.165, 1.54) is 6.26 Å². The average Bonchev–Trinajstić information content (AvgIpc) is 3.84. The van der Waals surface area contributed by atoms with Crippen molar-refractivity contribution in [1.29, 1.82) is 0 Å². The summed E-state index contributed by atoms with van der Waals surface area (Å²) >= 11 is 6.13. The summed E-state index contributed by atoms with van der Waals surface area (Å²) in [5, 5.41) is 0.639. The van der Waals surface area contributed by atoms with Gasteiger partial charge < -0.3 is 14.7 Å². The molecule has 3 aliphatic rings. The molecule has 5 rings (SSSR count). The van der Waals surface area contributed by atoms with Crippen molar-refractivity contribution in [1.82, 2.24) is 14.7 Å². The first-order valence-electron chi connectivity index (χ1n) is 16.3. The highest BCUT2D eigenvalue weighted by molar-refractivity contribution is 7.92. The Kier molecular flexibility index (Phi) is 11.0. The zero-order valence-electron chi connectivity index (χ0n) is 26.9. The molecule has 246 valence electrons. The van der Waals surface area contributed by atoms with Crippen LogP contribution in [-0.2, 0) is 26.0 Å². The lowest BCUT2D eigenvalue weighted by Gasteiger charge is -2.39. The van der Waals surface area contributed by atoms with E-state index in [0.717, 1.165) is 43.7 Å². The molecule has 2 heterocycles. The summed E-state index contributed by atoms with van der Waals surface area (Å²) in [6.45, 7) is 11.2. The van der Waals surface area contributed by atoms with Crippen LogP contribution in [0.4, 0.5) is 11.4 Å². The van der Waals surface area contributed by atoms with Gasteiger partial charge in [-0.25, -0.2) is 8.42 Å². The number of rotatable bonds is 12. The van der Waals surface area contributed by atoms with Gasteiger partial charge in [0.25, 0.3) is 0 Å². The molecule has 1 aliphatic carbocycles. The predicted molar refractivity (Wildman–Crippen MR) is 181 cm³/mol. The van der Waals surface area contributed by atoms with E-state index in [4.69, 9.17) is 11.6 Å². The van der Waals surface area contributed by atoms with E-state index < -0.39 is 15.9 Å². The lowest BCUT2D eigenvalue weighted by molar-refractivity contribution is -0.142. The van der Waals surface area contributed by atoms with Crippen molar-refractivity contribution in [3.8, 4) is 0 Å². The molecule has 0 aromatic heterocycles. The number of sulfonamides is 1. The summed E-state index contributed by atoms with van der Waals surface area (Å²) in [5.74, 6) is 0.563. The van der Waals surface area contributed by atoms with Crippen molar-refractivity contribution in [2.24, 2.45) is 17.8 Å². The van der Waals surface area contributed by atoms with Gasteiger partial charge in [-0.3, -0.25) is 18.8 Å². The summed E-state index contributed by atoms with van der Waals surface area (Å²) in [6.07, 6.45) is 4.05. The zero-order valence-corrected chi connectivity index (χ0v) is 28.5. The van der Waals surface area contributed by atoms with E-state index in [9.17, 15) is 18.0 Å². The molecule has 0 radical (unpaired) electrons. The van der Waals surface area contributed by atoms with Crippen molar-refractivity contribution in [2.45, 2.75) is 39.5 Å². The van der Waals surface area contributed by atoms with Crippen LogP contribution in [0, 0.1) is 17.8 Å². The minimum Gasteiger partial charge on any atom is -0.366 e. The average molecular weight is 658 g/mol. The topological polar surface area (TPSA) is 84.5 Å². The molecule has 9 nitrogen and oxygen atoms in total. The van der Waals surface area contributed by atoms with E-state index in [1.807, 2.05) is 58.3 Å². The molecule has 11 heteroatoms. The highest BCUT2D eigenvalue weighted by Crippen LogP contribution is 2.37. The van der Waals surface area contributed by atoms with Crippen LogP contribution < -0.4 is 9.21 Å². The first-order chi connectivity index (χ1) is 21.5. The molecule has 45 heavy (non-hydrogen) atoms. The van der Waals surface area contributed by atoms with Crippen LogP contribution in [0.3, 0.4) is 0 Å². The van der Waals surface area contributed by atoms with Crippen molar-refractivity contribution < 1.29 is 18.0 Å². The Labute approximate surface area is 274 Å². The van der Waals surface area contributed by atoms with Gasteiger partial charge in [-0.2, -0.15) is 0 Å². The van der Waals surface area contributed by atoms with Gasteiger partial charge in [0.1, 0.15) is 0 Å². The molecule has 3 fully saturated rings. The fourth-order valence-corrected chi connectivity index (χ4v) is 7.62. The van der Waals surface area contributed by atoms with Gasteiger partial charge in [-0.15, -0.1) is 0 Å². The third-order valence-corrected chi connectivity index (χ3v) is 10.5.